The highest BCUT2D eigenvalue weighted by molar-refractivity contribution is 9.10. The third kappa shape index (κ3) is 1.37. The summed E-state index contributed by atoms with van der Waals surface area (Å²) in [4.78, 5) is 11.4. The van der Waals surface area contributed by atoms with Gasteiger partial charge in [0.15, 0.2) is 0 Å². The molecule has 0 saturated carbocycles. The molecule has 2 rings (SSSR count). The SMILES string of the molecule is Cc1ccc(Br)c2c1C(=O)OCC2. The lowest BCUT2D eigenvalue weighted by Gasteiger charge is -2.18. The maximum atomic E-state index is 11.4. The van der Waals surface area contributed by atoms with Gasteiger partial charge in [0.2, 0.25) is 0 Å². The molecule has 0 saturated heterocycles. The summed E-state index contributed by atoms with van der Waals surface area (Å²) in [6.07, 6.45) is 0.809. The quantitative estimate of drug-likeness (QED) is 0.652. The lowest BCUT2D eigenvalue weighted by Crippen LogP contribution is -2.19. The fourth-order valence-electron chi connectivity index (χ4n) is 1.59. The van der Waals surface area contributed by atoms with Gasteiger partial charge in [0.1, 0.15) is 0 Å². The van der Waals surface area contributed by atoms with Crippen LogP contribution in [0.1, 0.15) is 21.5 Å². The molecule has 1 heterocycles. The number of benzene rings is 1. The minimum atomic E-state index is -0.194. The largest absolute Gasteiger partial charge is 0.462 e. The number of fused-ring (bicyclic) bond motifs is 1. The van der Waals surface area contributed by atoms with Gasteiger partial charge in [-0.1, -0.05) is 22.0 Å². The summed E-state index contributed by atoms with van der Waals surface area (Å²) in [6.45, 7) is 2.42. The molecule has 68 valence electrons. The van der Waals surface area contributed by atoms with Crippen molar-refractivity contribution >= 4 is 21.9 Å². The molecule has 13 heavy (non-hydrogen) atoms. The number of hydrogen-bond acceptors (Lipinski definition) is 2. The fraction of sp³-hybridized carbons (Fsp3) is 0.300. The second kappa shape index (κ2) is 3.14. The van der Waals surface area contributed by atoms with Crippen molar-refractivity contribution in [1.82, 2.24) is 0 Å². The van der Waals surface area contributed by atoms with Crippen LogP contribution in [0.15, 0.2) is 16.6 Å². The summed E-state index contributed by atoms with van der Waals surface area (Å²) in [5.41, 5.74) is 2.81. The first kappa shape index (κ1) is 8.75. The first-order valence-corrected chi connectivity index (χ1v) is 4.94. The molecule has 0 spiro atoms. The van der Waals surface area contributed by atoms with E-state index in [1.54, 1.807) is 0 Å². The van der Waals surface area contributed by atoms with E-state index in [2.05, 4.69) is 15.9 Å². The van der Waals surface area contributed by atoms with Gasteiger partial charge in [-0.05, 0) is 24.1 Å². The van der Waals surface area contributed by atoms with E-state index in [0.29, 0.717) is 6.61 Å². The summed E-state index contributed by atoms with van der Waals surface area (Å²) in [7, 11) is 0. The zero-order valence-corrected chi connectivity index (χ0v) is 8.85. The molecular weight excluding hydrogens is 232 g/mol. The first-order valence-electron chi connectivity index (χ1n) is 4.15. The Morgan fingerprint density at radius 3 is 2.92 bits per heavy atom. The minimum Gasteiger partial charge on any atom is -0.462 e. The van der Waals surface area contributed by atoms with Crippen LogP contribution in [-0.4, -0.2) is 12.6 Å². The third-order valence-electron chi connectivity index (χ3n) is 2.25. The van der Waals surface area contributed by atoms with Crippen molar-refractivity contribution in [1.29, 1.82) is 0 Å². The number of esters is 1. The average molecular weight is 241 g/mol. The molecule has 0 bridgehead atoms. The Labute approximate surface area is 85.0 Å². The molecule has 1 aliphatic heterocycles. The highest BCUT2D eigenvalue weighted by Gasteiger charge is 2.22. The van der Waals surface area contributed by atoms with Crippen molar-refractivity contribution in [3.05, 3.63) is 33.3 Å². The molecule has 0 atom stereocenters. The van der Waals surface area contributed by atoms with E-state index in [-0.39, 0.29) is 5.97 Å². The molecule has 0 aromatic heterocycles. The Hall–Kier alpha value is -0.830. The number of aryl methyl sites for hydroxylation is 1. The molecule has 3 heteroatoms. The van der Waals surface area contributed by atoms with Crippen molar-refractivity contribution in [3.63, 3.8) is 0 Å². The zero-order valence-electron chi connectivity index (χ0n) is 7.26. The van der Waals surface area contributed by atoms with E-state index in [0.717, 1.165) is 27.6 Å². The maximum absolute atomic E-state index is 11.4. The number of carbonyl (C=O) groups excluding carboxylic acids is 1. The molecule has 0 unspecified atom stereocenters. The second-order valence-corrected chi connectivity index (χ2v) is 3.96. The van der Waals surface area contributed by atoms with Gasteiger partial charge in [-0.3, -0.25) is 0 Å². The number of halogens is 1. The standard InChI is InChI=1S/C10H9BrO2/c1-6-2-3-8(11)7-4-5-13-10(12)9(6)7/h2-3H,4-5H2,1H3. The Kier molecular flexibility index (Phi) is 2.12. The van der Waals surface area contributed by atoms with Crippen molar-refractivity contribution < 1.29 is 9.53 Å². The van der Waals surface area contributed by atoms with Gasteiger partial charge in [-0.15, -0.1) is 0 Å². The van der Waals surface area contributed by atoms with E-state index in [9.17, 15) is 4.79 Å². The monoisotopic (exact) mass is 240 g/mol. The normalized spacial score (nSPS) is 15.1. The average Bonchev–Trinajstić information content (AvgIpc) is 2.12. The Bertz CT molecular complexity index is 371. The smallest absolute Gasteiger partial charge is 0.338 e. The van der Waals surface area contributed by atoms with E-state index < -0.39 is 0 Å². The first-order chi connectivity index (χ1) is 6.20. The van der Waals surface area contributed by atoms with Crippen LogP contribution in [0.3, 0.4) is 0 Å². The van der Waals surface area contributed by atoms with Gasteiger partial charge in [0.05, 0.1) is 12.2 Å². The van der Waals surface area contributed by atoms with Crippen molar-refractivity contribution in [2.24, 2.45) is 0 Å². The molecule has 0 radical (unpaired) electrons. The van der Waals surface area contributed by atoms with Crippen LogP contribution in [0.2, 0.25) is 0 Å². The maximum Gasteiger partial charge on any atom is 0.338 e. The molecule has 0 aliphatic carbocycles. The van der Waals surface area contributed by atoms with Crippen LogP contribution in [0, 0.1) is 6.92 Å². The molecule has 1 aliphatic rings. The topological polar surface area (TPSA) is 26.3 Å². The van der Waals surface area contributed by atoms with Crippen LogP contribution < -0.4 is 0 Å². The summed E-state index contributed by atoms with van der Waals surface area (Å²) in [6, 6.07) is 3.91. The minimum absolute atomic E-state index is 0.194. The Balaban J connectivity index is 2.67. The molecule has 1 aromatic rings. The van der Waals surface area contributed by atoms with Crippen LogP contribution >= 0.6 is 15.9 Å². The van der Waals surface area contributed by atoms with Crippen LogP contribution in [0.5, 0.6) is 0 Å². The third-order valence-corrected chi connectivity index (χ3v) is 3.00. The van der Waals surface area contributed by atoms with E-state index in [4.69, 9.17) is 4.74 Å². The Morgan fingerprint density at radius 2 is 2.23 bits per heavy atom. The van der Waals surface area contributed by atoms with Gasteiger partial charge in [-0.25, -0.2) is 4.79 Å². The molecule has 0 fully saturated rings. The summed E-state index contributed by atoms with van der Waals surface area (Å²) in [5.74, 6) is -0.194. The van der Waals surface area contributed by atoms with E-state index in [1.807, 2.05) is 19.1 Å². The lowest BCUT2D eigenvalue weighted by molar-refractivity contribution is 0.0479. The molecule has 0 amide bonds. The summed E-state index contributed by atoms with van der Waals surface area (Å²) in [5, 5.41) is 0. The number of rotatable bonds is 0. The van der Waals surface area contributed by atoms with Gasteiger partial charge >= 0.3 is 5.97 Å². The molecular formula is C10H9BrO2. The summed E-state index contributed by atoms with van der Waals surface area (Å²) >= 11 is 3.44. The summed E-state index contributed by atoms with van der Waals surface area (Å²) < 4.78 is 5.98. The number of ether oxygens (including phenoxy) is 1. The molecule has 0 N–H and O–H groups in total. The fourth-order valence-corrected chi connectivity index (χ4v) is 2.11. The predicted octanol–water partition coefficient (Wildman–Crippen LogP) is 2.47. The van der Waals surface area contributed by atoms with Crippen LogP contribution in [0.4, 0.5) is 0 Å². The highest BCUT2D eigenvalue weighted by Crippen LogP contribution is 2.27. The Morgan fingerprint density at radius 1 is 1.46 bits per heavy atom. The van der Waals surface area contributed by atoms with Gasteiger partial charge < -0.3 is 4.74 Å². The van der Waals surface area contributed by atoms with Gasteiger partial charge in [-0.2, -0.15) is 0 Å². The van der Waals surface area contributed by atoms with Gasteiger partial charge in [0.25, 0.3) is 0 Å². The van der Waals surface area contributed by atoms with E-state index in [1.165, 1.54) is 0 Å². The van der Waals surface area contributed by atoms with Gasteiger partial charge in [0, 0.05) is 10.9 Å². The van der Waals surface area contributed by atoms with Crippen molar-refractivity contribution in [2.75, 3.05) is 6.61 Å². The predicted molar refractivity (Wildman–Crippen MR) is 52.9 cm³/mol. The van der Waals surface area contributed by atoms with Crippen molar-refractivity contribution in [2.45, 2.75) is 13.3 Å². The number of cyclic esters (lactones) is 1. The molecule has 2 nitrogen and oxygen atoms in total. The van der Waals surface area contributed by atoms with Crippen LogP contribution in [0.25, 0.3) is 0 Å². The van der Waals surface area contributed by atoms with Crippen LogP contribution in [-0.2, 0) is 11.2 Å². The van der Waals surface area contributed by atoms with Crippen molar-refractivity contribution in [3.8, 4) is 0 Å². The lowest BCUT2D eigenvalue weighted by atomic mass is 9.98. The zero-order chi connectivity index (χ0) is 9.42. The highest BCUT2D eigenvalue weighted by atomic mass is 79.9. The molecule has 1 aromatic carbocycles. The van der Waals surface area contributed by atoms with E-state index >= 15 is 0 Å². The number of hydrogen-bond donors (Lipinski definition) is 0. The number of carbonyl (C=O) groups is 1. The second-order valence-electron chi connectivity index (χ2n) is 3.10.